The van der Waals surface area contributed by atoms with Gasteiger partial charge in [-0.3, -0.25) is 0 Å². The fourth-order valence-electron chi connectivity index (χ4n) is 3.59. The average molecular weight is 348 g/mol. The molecule has 0 unspecified atom stereocenters. The van der Waals surface area contributed by atoms with Crippen LogP contribution in [0.4, 0.5) is 0 Å². The van der Waals surface area contributed by atoms with E-state index in [1.54, 1.807) is 0 Å². The van der Waals surface area contributed by atoms with E-state index in [9.17, 15) is 4.79 Å². The van der Waals surface area contributed by atoms with E-state index in [0.29, 0.717) is 11.3 Å². The summed E-state index contributed by atoms with van der Waals surface area (Å²) in [6, 6.07) is 28.4. The Kier molecular flexibility index (Phi) is 3.61. The van der Waals surface area contributed by atoms with E-state index in [1.807, 2.05) is 66.7 Å². The zero-order valence-electron chi connectivity index (χ0n) is 14.6. The fourth-order valence-corrected chi connectivity index (χ4v) is 3.59. The van der Waals surface area contributed by atoms with E-state index in [2.05, 4.69) is 30.3 Å². The second-order valence-corrected chi connectivity index (χ2v) is 6.60. The molecule has 0 radical (unpaired) electrons. The monoisotopic (exact) mass is 348 g/mol. The maximum absolute atomic E-state index is 12.5. The van der Waals surface area contributed by atoms with Crippen LogP contribution in [0.3, 0.4) is 0 Å². The molecular formula is C25H16O2. The van der Waals surface area contributed by atoms with Crippen LogP contribution in [0, 0.1) is 0 Å². The summed E-state index contributed by atoms with van der Waals surface area (Å²) in [5.41, 5.74) is 2.51. The molecule has 4 aromatic rings. The molecule has 0 aromatic heterocycles. The van der Waals surface area contributed by atoms with Gasteiger partial charge in [-0.05, 0) is 45.3 Å². The van der Waals surface area contributed by atoms with Gasteiger partial charge in [-0.15, -0.1) is 0 Å². The van der Waals surface area contributed by atoms with Crippen molar-refractivity contribution in [2.75, 3.05) is 0 Å². The number of cyclic esters (lactones) is 1. The number of carbonyl (C=O) groups excluding carboxylic acids is 1. The average Bonchev–Trinajstić information content (AvgIpc) is 3.09. The van der Waals surface area contributed by atoms with E-state index >= 15 is 0 Å². The number of hydrogen-bond acceptors (Lipinski definition) is 2. The summed E-state index contributed by atoms with van der Waals surface area (Å²) < 4.78 is 5.51. The molecule has 0 atom stereocenters. The maximum atomic E-state index is 12.5. The highest BCUT2D eigenvalue weighted by atomic mass is 16.5. The van der Waals surface area contributed by atoms with Gasteiger partial charge in [0, 0.05) is 5.56 Å². The topological polar surface area (TPSA) is 26.3 Å². The third-order valence-electron chi connectivity index (χ3n) is 4.90. The predicted molar refractivity (Wildman–Crippen MR) is 110 cm³/mol. The molecule has 0 bridgehead atoms. The minimum Gasteiger partial charge on any atom is -0.422 e. The van der Waals surface area contributed by atoms with Crippen LogP contribution >= 0.6 is 0 Å². The Labute approximate surface area is 157 Å². The summed E-state index contributed by atoms with van der Waals surface area (Å²) >= 11 is 0. The predicted octanol–water partition coefficient (Wildman–Crippen LogP) is 5.97. The Morgan fingerprint density at radius 1 is 0.704 bits per heavy atom. The second kappa shape index (κ2) is 6.26. The molecule has 0 spiro atoms. The van der Waals surface area contributed by atoms with Crippen molar-refractivity contribution < 1.29 is 9.53 Å². The lowest BCUT2D eigenvalue weighted by Crippen LogP contribution is -1.97. The quantitative estimate of drug-likeness (QED) is 0.253. The van der Waals surface area contributed by atoms with Crippen LogP contribution in [-0.2, 0) is 9.53 Å². The molecule has 0 amide bonds. The molecule has 1 aliphatic rings. The molecule has 27 heavy (non-hydrogen) atoms. The fraction of sp³-hybridized carbons (Fsp3) is 0. The number of benzene rings is 4. The Bertz CT molecular complexity index is 1190. The van der Waals surface area contributed by atoms with Gasteiger partial charge in [0.05, 0.1) is 5.57 Å². The largest absolute Gasteiger partial charge is 0.422 e. The minimum absolute atomic E-state index is 0.314. The Hall–Kier alpha value is -3.65. The molecule has 1 heterocycles. The van der Waals surface area contributed by atoms with Gasteiger partial charge < -0.3 is 4.74 Å². The third-order valence-corrected chi connectivity index (χ3v) is 4.90. The van der Waals surface area contributed by atoms with Crippen LogP contribution < -0.4 is 0 Å². The SMILES string of the molecule is O=C1OC(c2ccccc2)=C/C1=C\c1c2ccccc2cc2ccccc12. The smallest absolute Gasteiger partial charge is 0.343 e. The second-order valence-electron chi connectivity index (χ2n) is 6.60. The van der Waals surface area contributed by atoms with Gasteiger partial charge in [0.25, 0.3) is 0 Å². The highest BCUT2D eigenvalue weighted by Crippen LogP contribution is 2.33. The number of hydrogen-bond donors (Lipinski definition) is 0. The Morgan fingerprint density at radius 3 is 1.96 bits per heavy atom. The number of ether oxygens (including phenoxy) is 1. The summed E-state index contributed by atoms with van der Waals surface area (Å²) in [5.74, 6) is 0.280. The normalized spacial score (nSPS) is 15.3. The first kappa shape index (κ1) is 15.6. The molecule has 2 nitrogen and oxygen atoms in total. The van der Waals surface area contributed by atoms with E-state index < -0.39 is 0 Å². The first-order chi connectivity index (χ1) is 13.3. The van der Waals surface area contributed by atoms with Crippen LogP contribution in [0.1, 0.15) is 11.1 Å². The lowest BCUT2D eigenvalue weighted by atomic mass is 9.95. The molecule has 1 aliphatic heterocycles. The summed E-state index contributed by atoms with van der Waals surface area (Å²) in [6.45, 7) is 0. The van der Waals surface area contributed by atoms with Crippen LogP contribution in [0.2, 0.25) is 0 Å². The summed E-state index contributed by atoms with van der Waals surface area (Å²) in [7, 11) is 0. The zero-order valence-corrected chi connectivity index (χ0v) is 14.6. The molecule has 0 fully saturated rings. The molecule has 0 aliphatic carbocycles. The number of carbonyl (C=O) groups is 1. The van der Waals surface area contributed by atoms with Crippen LogP contribution in [-0.4, -0.2) is 5.97 Å². The Balaban J connectivity index is 1.73. The van der Waals surface area contributed by atoms with Crippen molar-refractivity contribution in [1.29, 1.82) is 0 Å². The maximum Gasteiger partial charge on any atom is 0.343 e. The summed E-state index contributed by atoms with van der Waals surface area (Å²) in [6.07, 6.45) is 3.77. The molecule has 2 heteroatoms. The van der Waals surface area contributed by atoms with E-state index in [0.717, 1.165) is 32.7 Å². The van der Waals surface area contributed by atoms with Crippen LogP contribution in [0.5, 0.6) is 0 Å². The lowest BCUT2D eigenvalue weighted by Gasteiger charge is -2.08. The van der Waals surface area contributed by atoms with Gasteiger partial charge in [0.15, 0.2) is 0 Å². The highest BCUT2D eigenvalue weighted by Gasteiger charge is 2.22. The molecule has 0 saturated heterocycles. The zero-order chi connectivity index (χ0) is 18.2. The van der Waals surface area contributed by atoms with Gasteiger partial charge in [0.2, 0.25) is 0 Å². The van der Waals surface area contributed by atoms with Gasteiger partial charge in [-0.2, -0.15) is 0 Å². The molecule has 128 valence electrons. The van der Waals surface area contributed by atoms with E-state index in [4.69, 9.17) is 4.74 Å². The summed E-state index contributed by atoms with van der Waals surface area (Å²) in [4.78, 5) is 12.5. The number of esters is 1. The Morgan fingerprint density at radius 2 is 1.30 bits per heavy atom. The molecule has 0 saturated carbocycles. The van der Waals surface area contributed by atoms with Gasteiger partial charge >= 0.3 is 5.97 Å². The third kappa shape index (κ3) is 2.72. The molecule has 4 aromatic carbocycles. The summed E-state index contributed by atoms with van der Waals surface area (Å²) in [5, 5.41) is 4.56. The van der Waals surface area contributed by atoms with Crippen molar-refractivity contribution in [2.24, 2.45) is 0 Å². The van der Waals surface area contributed by atoms with E-state index in [1.165, 1.54) is 0 Å². The van der Waals surface area contributed by atoms with Crippen molar-refractivity contribution in [1.82, 2.24) is 0 Å². The first-order valence-corrected chi connectivity index (χ1v) is 8.91. The van der Waals surface area contributed by atoms with Gasteiger partial charge in [0.1, 0.15) is 5.76 Å². The first-order valence-electron chi connectivity index (χ1n) is 8.91. The van der Waals surface area contributed by atoms with Crippen molar-refractivity contribution >= 4 is 39.3 Å². The van der Waals surface area contributed by atoms with Crippen LogP contribution in [0.15, 0.2) is 96.6 Å². The van der Waals surface area contributed by atoms with Gasteiger partial charge in [-0.25, -0.2) is 4.79 Å². The van der Waals surface area contributed by atoms with Crippen molar-refractivity contribution in [3.63, 3.8) is 0 Å². The van der Waals surface area contributed by atoms with E-state index in [-0.39, 0.29) is 5.97 Å². The highest BCUT2D eigenvalue weighted by molar-refractivity contribution is 6.12. The number of rotatable bonds is 2. The molecular weight excluding hydrogens is 332 g/mol. The van der Waals surface area contributed by atoms with Crippen molar-refractivity contribution in [3.8, 4) is 0 Å². The van der Waals surface area contributed by atoms with Crippen LogP contribution in [0.25, 0.3) is 33.4 Å². The minimum atomic E-state index is -0.314. The molecule has 0 N–H and O–H groups in total. The standard InChI is InChI=1S/C25H16O2/c26-25-20(16-24(27-25)17-8-2-1-3-9-17)15-23-21-12-6-4-10-18(21)14-19-11-5-7-13-22(19)23/h1-16H/b20-15+. The van der Waals surface area contributed by atoms with Crippen molar-refractivity contribution in [2.45, 2.75) is 0 Å². The molecule has 5 rings (SSSR count). The lowest BCUT2D eigenvalue weighted by molar-refractivity contribution is -0.130. The van der Waals surface area contributed by atoms with Gasteiger partial charge in [-0.1, -0.05) is 78.9 Å². The van der Waals surface area contributed by atoms with Crippen molar-refractivity contribution in [3.05, 3.63) is 108 Å². The number of fused-ring (bicyclic) bond motifs is 2.